The van der Waals surface area contributed by atoms with Crippen molar-refractivity contribution in [3.8, 4) is 0 Å². The summed E-state index contributed by atoms with van der Waals surface area (Å²) in [5, 5.41) is 1.50. The number of amides is 1. The summed E-state index contributed by atoms with van der Waals surface area (Å²) in [6.45, 7) is 5.76. The molecular formula is C18H27Cl2N3OS. The van der Waals surface area contributed by atoms with Gasteiger partial charge < -0.3 is 4.90 Å². The van der Waals surface area contributed by atoms with Gasteiger partial charge in [0.1, 0.15) is 0 Å². The Labute approximate surface area is 165 Å². The highest BCUT2D eigenvalue weighted by atomic mass is 35.5. The summed E-state index contributed by atoms with van der Waals surface area (Å²) >= 11 is 7.71. The van der Waals surface area contributed by atoms with E-state index >= 15 is 0 Å². The molecule has 1 aromatic carbocycles. The first-order valence-electron chi connectivity index (χ1n) is 8.44. The Morgan fingerprint density at radius 1 is 1.24 bits per heavy atom. The summed E-state index contributed by atoms with van der Waals surface area (Å²) in [5.74, 6) is 0.165. The van der Waals surface area contributed by atoms with Gasteiger partial charge in [-0.25, -0.2) is 4.98 Å². The van der Waals surface area contributed by atoms with Gasteiger partial charge in [0.2, 0.25) is 5.91 Å². The SMILES string of the molecule is CCCCC(=O)N(CCCN(C)C)c1nc2c(C)cc(Cl)cc2s1.Cl. The van der Waals surface area contributed by atoms with Crippen molar-refractivity contribution < 1.29 is 4.79 Å². The van der Waals surface area contributed by atoms with E-state index in [4.69, 9.17) is 16.6 Å². The second-order valence-electron chi connectivity index (χ2n) is 6.37. The van der Waals surface area contributed by atoms with Crippen LogP contribution in [0.25, 0.3) is 10.2 Å². The number of aromatic nitrogens is 1. The van der Waals surface area contributed by atoms with Crippen LogP contribution >= 0.6 is 35.3 Å². The molecule has 0 bridgehead atoms. The molecule has 0 aliphatic heterocycles. The Kier molecular flexibility index (Phi) is 9.14. The second-order valence-corrected chi connectivity index (χ2v) is 7.82. The van der Waals surface area contributed by atoms with Gasteiger partial charge in [0.05, 0.1) is 10.2 Å². The summed E-state index contributed by atoms with van der Waals surface area (Å²) in [7, 11) is 4.10. The number of carbonyl (C=O) groups is 1. The van der Waals surface area contributed by atoms with Crippen LogP contribution in [-0.2, 0) is 4.79 Å². The third-order valence-electron chi connectivity index (χ3n) is 3.90. The van der Waals surface area contributed by atoms with Gasteiger partial charge in [0.15, 0.2) is 5.13 Å². The van der Waals surface area contributed by atoms with Crippen molar-refractivity contribution in [2.24, 2.45) is 0 Å². The Hall–Kier alpha value is -0.880. The molecule has 0 aliphatic rings. The molecule has 0 spiro atoms. The first-order chi connectivity index (χ1) is 11.4. The smallest absolute Gasteiger partial charge is 0.228 e. The minimum absolute atomic E-state index is 0. The third-order valence-corrected chi connectivity index (χ3v) is 5.15. The number of benzene rings is 1. The molecule has 4 nitrogen and oxygen atoms in total. The lowest BCUT2D eigenvalue weighted by Gasteiger charge is -2.21. The predicted octanol–water partition coefficient (Wildman–Crippen LogP) is 5.15. The zero-order valence-electron chi connectivity index (χ0n) is 15.3. The maximum absolute atomic E-state index is 12.7. The summed E-state index contributed by atoms with van der Waals surface area (Å²) in [6.07, 6.45) is 3.44. The van der Waals surface area contributed by atoms with Crippen LogP contribution in [0.1, 0.15) is 38.2 Å². The highest BCUT2D eigenvalue weighted by Crippen LogP contribution is 2.33. The van der Waals surface area contributed by atoms with Gasteiger partial charge in [0.25, 0.3) is 0 Å². The van der Waals surface area contributed by atoms with E-state index in [1.54, 1.807) is 11.3 Å². The van der Waals surface area contributed by atoms with E-state index in [1.165, 1.54) is 0 Å². The van der Waals surface area contributed by atoms with Crippen molar-refractivity contribution in [1.82, 2.24) is 9.88 Å². The lowest BCUT2D eigenvalue weighted by molar-refractivity contribution is -0.118. The molecule has 0 saturated carbocycles. The fraction of sp³-hybridized carbons (Fsp3) is 0.556. The molecule has 0 radical (unpaired) electrons. The number of anilines is 1. The largest absolute Gasteiger partial charge is 0.309 e. The van der Waals surface area contributed by atoms with E-state index in [0.29, 0.717) is 18.0 Å². The van der Waals surface area contributed by atoms with Crippen LogP contribution in [0.15, 0.2) is 12.1 Å². The molecule has 2 aromatic rings. The van der Waals surface area contributed by atoms with Crippen molar-refractivity contribution >= 4 is 56.6 Å². The molecular weight excluding hydrogens is 377 g/mol. The number of fused-ring (bicyclic) bond motifs is 1. The number of halogens is 2. The van der Waals surface area contributed by atoms with E-state index in [0.717, 1.165) is 46.7 Å². The molecule has 2 rings (SSSR count). The molecule has 0 aliphatic carbocycles. The molecule has 0 saturated heterocycles. The fourth-order valence-electron chi connectivity index (χ4n) is 2.59. The monoisotopic (exact) mass is 403 g/mol. The van der Waals surface area contributed by atoms with Crippen molar-refractivity contribution in [3.05, 3.63) is 22.7 Å². The van der Waals surface area contributed by atoms with E-state index in [1.807, 2.05) is 38.1 Å². The Bertz CT molecular complexity index is 703. The van der Waals surface area contributed by atoms with Gasteiger partial charge in [-0.05, 0) is 58.1 Å². The fourth-order valence-corrected chi connectivity index (χ4v) is 4.06. The minimum Gasteiger partial charge on any atom is -0.309 e. The van der Waals surface area contributed by atoms with E-state index < -0.39 is 0 Å². The zero-order chi connectivity index (χ0) is 17.7. The molecule has 140 valence electrons. The molecule has 25 heavy (non-hydrogen) atoms. The molecule has 1 heterocycles. The van der Waals surface area contributed by atoms with Crippen molar-refractivity contribution in [1.29, 1.82) is 0 Å². The summed E-state index contributed by atoms with van der Waals surface area (Å²) in [4.78, 5) is 21.4. The van der Waals surface area contributed by atoms with Gasteiger partial charge >= 0.3 is 0 Å². The first kappa shape index (κ1) is 22.2. The van der Waals surface area contributed by atoms with Crippen LogP contribution in [0.5, 0.6) is 0 Å². The zero-order valence-corrected chi connectivity index (χ0v) is 17.7. The van der Waals surface area contributed by atoms with Crippen molar-refractivity contribution in [3.63, 3.8) is 0 Å². The number of rotatable bonds is 8. The first-order valence-corrected chi connectivity index (χ1v) is 9.63. The maximum atomic E-state index is 12.7. The quantitative estimate of drug-likeness (QED) is 0.610. The highest BCUT2D eigenvalue weighted by Gasteiger charge is 2.19. The Morgan fingerprint density at radius 2 is 1.96 bits per heavy atom. The summed E-state index contributed by atoms with van der Waals surface area (Å²) < 4.78 is 1.04. The molecule has 0 atom stereocenters. The topological polar surface area (TPSA) is 36.4 Å². The maximum Gasteiger partial charge on any atom is 0.228 e. The van der Waals surface area contributed by atoms with Gasteiger partial charge in [-0.15, -0.1) is 12.4 Å². The molecule has 7 heteroatoms. The van der Waals surface area contributed by atoms with E-state index in [-0.39, 0.29) is 18.3 Å². The molecule has 0 unspecified atom stereocenters. The van der Waals surface area contributed by atoms with E-state index in [2.05, 4.69) is 11.8 Å². The van der Waals surface area contributed by atoms with Crippen LogP contribution in [0.2, 0.25) is 5.02 Å². The number of hydrogen-bond acceptors (Lipinski definition) is 4. The van der Waals surface area contributed by atoms with E-state index in [9.17, 15) is 4.79 Å². The Balaban J connectivity index is 0.00000312. The standard InChI is InChI=1S/C18H26ClN3OS.ClH/c1-5-6-8-16(23)22(10-7-9-21(3)4)18-20-17-13(2)11-14(19)12-15(17)24-18;/h11-12H,5-10H2,1-4H3;1H. The van der Waals surface area contributed by atoms with Crippen LogP contribution in [-0.4, -0.2) is 43.0 Å². The summed E-state index contributed by atoms with van der Waals surface area (Å²) in [5.41, 5.74) is 1.99. The molecule has 0 N–H and O–H groups in total. The second kappa shape index (κ2) is 10.3. The number of nitrogens with zero attached hydrogens (tertiary/aromatic N) is 3. The van der Waals surface area contributed by atoms with Crippen molar-refractivity contribution in [2.45, 2.75) is 39.5 Å². The third kappa shape index (κ3) is 6.10. The Morgan fingerprint density at radius 3 is 2.60 bits per heavy atom. The van der Waals surface area contributed by atoms with Gasteiger partial charge in [0, 0.05) is 18.0 Å². The van der Waals surface area contributed by atoms with Gasteiger partial charge in [-0.2, -0.15) is 0 Å². The predicted molar refractivity (Wildman–Crippen MR) is 112 cm³/mol. The van der Waals surface area contributed by atoms with Gasteiger partial charge in [-0.3, -0.25) is 9.69 Å². The summed E-state index contributed by atoms with van der Waals surface area (Å²) in [6, 6.07) is 3.85. The van der Waals surface area contributed by atoms with Gasteiger partial charge in [-0.1, -0.05) is 36.3 Å². The molecule has 1 amide bonds. The van der Waals surface area contributed by atoms with Crippen LogP contribution in [0.3, 0.4) is 0 Å². The number of aryl methyl sites for hydroxylation is 1. The lowest BCUT2D eigenvalue weighted by atomic mass is 10.2. The highest BCUT2D eigenvalue weighted by molar-refractivity contribution is 7.22. The normalized spacial score (nSPS) is 11.0. The van der Waals surface area contributed by atoms with Crippen molar-refractivity contribution in [2.75, 3.05) is 32.1 Å². The number of thiazole rings is 1. The number of carbonyl (C=O) groups excluding carboxylic acids is 1. The average molecular weight is 404 g/mol. The molecule has 1 aromatic heterocycles. The number of unbranched alkanes of at least 4 members (excludes halogenated alkanes) is 1. The molecule has 0 fully saturated rings. The van der Waals surface area contributed by atoms with Crippen LogP contribution < -0.4 is 4.90 Å². The lowest BCUT2D eigenvalue weighted by Crippen LogP contribution is -2.33. The van der Waals surface area contributed by atoms with Crippen LogP contribution in [0.4, 0.5) is 5.13 Å². The number of hydrogen-bond donors (Lipinski definition) is 0. The minimum atomic E-state index is 0. The average Bonchev–Trinajstić information content (AvgIpc) is 2.92. The van der Waals surface area contributed by atoms with Crippen LogP contribution in [0, 0.1) is 6.92 Å².